The maximum Gasteiger partial charge on any atom is 0.251 e. The van der Waals surface area contributed by atoms with E-state index in [1.165, 1.54) is 11.4 Å². The fourth-order valence-corrected chi connectivity index (χ4v) is 5.09. The number of rotatable bonds is 11. The first kappa shape index (κ1) is 18.9. The Morgan fingerprint density at radius 1 is 1.05 bits per heavy atom. The van der Waals surface area contributed by atoms with E-state index in [2.05, 4.69) is 32.1 Å². The Morgan fingerprint density at radius 3 is 2.14 bits per heavy atom. The van der Waals surface area contributed by atoms with Crippen molar-refractivity contribution >= 4 is 35.0 Å². The van der Waals surface area contributed by atoms with Gasteiger partial charge in [0, 0.05) is 0 Å². The van der Waals surface area contributed by atoms with Crippen LogP contribution in [-0.2, 0) is 20.9 Å². The standard InChI is InChI=1S/C16H25O2PS2/c1-3-5-13-17-19(20,18-14-6-4-2)21-15-12-16-10-8-7-9-11-16/h7-12,15H,3-6,13-14H2,1-2H3/b15-12+. The van der Waals surface area contributed by atoms with Gasteiger partial charge in [-0.3, -0.25) is 0 Å². The molecule has 0 aliphatic heterocycles. The van der Waals surface area contributed by atoms with Gasteiger partial charge in [-0.15, -0.1) is 0 Å². The van der Waals surface area contributed by atoms with Crippen LogP contribution in [0.15, 0.2) is 35.7 Å². The Hall–Kier alpha value is -0.120. The second kappa shape index (κ2) is 11.4. The van der Waals surface area contributed by atoms with E-state index in [0.29, 0.717) is 13.2 Å². The van der Waals surface area contributed by atoms with Crippen molar-refractivity contribution in [3.63, 3.8) is 0 Å². The van der Waals surface area contributed by atoms with Crippen LogP contribution in [0.3, 0.4) is 0 Å². The van der Waals surface area contributed by atoms with Crippen molar-refractivity contribution < 1.29 is 9.05 Å². The second-order valence-corrected chi connectivity index (χ2v) is 10.7. The van der Waals surface area contributed by atoms with Gasteiger partial charge in [-0.1, -0.05) is 57.0 Å². The molecule has 0 amide bonds. The molecule has 0 fully saturated rings. The summed E-state index contributed by atoms with van der Waals surface area (Å²) in [6.07, 6.45) is 6.32. The van der Waals surface area contributed by atoms with Crippen LogP contribution in [-0.4, -0.2) is 13.2 Å². The molecule has 0 unspecified atom stereocenters. The first-order valence-corrected chi connectivity index (χ1v) is 11.6. The Balaban J connectivity index is 2.54. The molecule has 1 aromatic rings. The van der Waals surface area contributed by atoms with E-state index in [0.717, 1.165) is 31.2 Å². The molecule has 118 valence electrons. The summed E-state index contributed by atoms with van der Waals surface area (Å²) in [7, 11) is 0. The normalized spacial score (nSPS) is 12.1. The zero-order valence-corrected chi connectivity index (χ0v) is 15.4. The van der Waals surface area contributed by atoms with Crippen molar-refractivity contribution in [2.75, 3.05) is 13.2 Å². The molecule has 0 radical (unpaired) electrons. The molecule has 0 bridgehead atoms. The first-order valence-electron chi connectivity index (χ1n) is 7.49. The van der Waals surface area contributed by atoms with Gasteiger partial charge in [-0.25, -0.2) is 0 Å². The van der Waals surface area contributed by atoms with Gasteiger partial charge < -0.3 is 9.05 Å². The van der Waals surface area contributed by atoms with Crippen LogP contribution in [0.5, 0.6) is 0 Å². The molecular weight excluding hydrogens is 319 g/mol. The summed E-state index contributed by atoms with van der Waals surface area (Å²) in [5.74, 6) is 0. The summed E-state index contributed by atoms with van der Waals surface area (Å²) in [6.45, 7) is 5.67. The molecule has 0 aliphatic carbocycles. The third kappa shape index (κ3) is 8.80. The maximum atomic E-state index is 5.87. The Morgan fingerprint density at radius 2 is 1.62 bits per heavy atom. The molecule has 21 heavy (non-hydrogen) atoms. The highest BCUT2D eigenvalue weighted by Gasteiger charge is 2.18. The molecule has 0 heterocycles. The SMILES string of the molecule is CCCCOP(=S)(OCCCC)S/C=C/c1ccccc1. The van der Waals surface area contributed by atoms with E-state index < -0.39 is 5.69 Å². The van der Waals surface area contributed by atoms with E-state index in [9.17, 15) is 0 Å². The quantitative estimate of drug-likeness (QED) is 0.349. The summed E-state index contributed by atoms with van der Waals surface area (Å²) in [5, 5.41) is 2.01. The summed E-state index contributed by atoms with van der Waals surface area (Å²) >= 11 is 7.14. The third-order valence-corrected chi connectivity index (χ3v) is 7.44. The molecule has 0 aliphatic rings. The fraction of sp³-hybridized carbons (Fsp3) is 0.500. The summed E-state index contributed by atoms with van der Waals surface area (Å²) in [4.78, 5) is 0. The van der Waals surface area contributed by atoms with E-state index in [-0.39, 0.29) is 0 Å². The van der Waals surface area contributed by atoms with Crippen molar-refractivity contribution in [2.24, 2.45) is 0 Å². The molecule has 5 heteroatoms. The smallest absolute Gasteiger partial charge is 0.251 e. The minimum absolute atomic E-state index is 0.687. The van der Waals surface area contributed by atoms with Crippen LogP contribution in [0.2, 0.25) is 0 Å². The van der Waals surface area contributed by atoms with Gasteiger partial charge in [-0.05, 0) is 53.1 Å². The molecule has 1 rings (SSSR count). The van der Waals surface area contributed by atoms with Crippen molar-refractivity contribution in [3.05, 3.63) is 41.3 Å². The summed E-state index contributed by atoms with van der Waals surface area (Å²) in [5.41, 5.74) is -1.09. The van der Waals surface area contributed by atoms with Gasteiger partial charge in [0.15, 0.2) is 0 Å². The highest BCUT2D eigenvalue weighted by molar-refractivity contribution is 8.69. The molecule has 0 N–H and O–H groups in total. The van der Waals surface area contributed by atoms with E-state index in [1.807, 2.05) is 23.6 Å². The predicted octanol–water partition coefficient (Wildman–Crippen LogP) is 6.25. The molecular formula is C16H25O2PS2. The lowest BCUT2D eigenvalue weighted by atomic mass is 10.2. The third-order valence-electron chi connectivity index (χ3n) is 2.74. The predicted molar refractivity (Wildman–Crippen MR) is 99.1 cm³/mol. The van der Waals surface area contributed by atoms with Crippen LogP contribution in [0.4, 0.5) is 0 Å². The van der Waals surface area contributed by atoms with Crippen molar-refractivity contribution in [2.45, 2.75) is 39.5 Å². The number of unbranched alkanes of at least 4 members (excludes halogenated alkanes) is 2. The van der Waals surface area contributed by atoms with Crippen LogP contribution >= 0.6 is 17.1 Å². The monoisotopic (exact) mass is 344 g/mol. The van der Waals surface area contributed by atoms with Crippen molar-refractivity contribution in [1.29, 1.82) is 0 Å². The van der Waals surface area contributed by atoms with Gasteiger partial charge in [-0.2, -0.15) is 0 Å². The maximum absolute atomic E-state index is 5.87. The highest BCUT2D eigenvalue weighted by Crippen LogP contribution is 2.61. The lowest BCUT2D eigenvalue weighted by molar-refractivity contribution is 0.253. The molecule has 0 aromatic heterocycles. The zero-order chi connectivity index (χ0) is 15.4. The van der Waals surface area contributed by atoms with E-state index in [1.54, 1.807) is 0 Å². The van der Waals surface area contributed by atoms with Crippen LogP contribution in [0.25, 0.3) is 6.08 Å². The largest absolute Gasteiger partial charge is 0.321 e. The summed E-state index contributed by atoms with van der Waals surface area (Å²) in [6, 6.07) is 10.2. The van der Waals surface area contributed by atoms with E-state index in [4.69, 9.17) is 20.9 Å². The zero-order valence-electron chi connectivity index (χ0n) is 12.9. The lowest BCUT2D eigenvalue weighted by Crippen LogP contribution is -1.96. The molecule has 0 atom stereocenters. The Labute approximate surface area is 138 Å². The average molecular weight is 344 g/mol. The van der Waals surface area contributed by atoms with Crippen LogP contribution in [0, 0.1) is 0 Å². The highest BCUT2D eigenvalue weighted by atomic mass is 32.9. The average Bonchev–Trinajstić information content (AvgIpc) is 2.49. The summed E-state index contributed by atoms with van der Waals surface area (Å²) < 4.78 is 11.7. The Kier molecular flexibility index (Phi) is 10.3. The van der Waals surface area contributed by atoms with Gasteiger partial charge in [0.05, 0.1) is 13.2 Å². The van der Waals surface area contributed by atoms with Gasteiger partial charge >= 0.3 is 0 Å². The van der Waals surface area contributed by atoms with Crippen molar-refractivity contribution in [3.8, 4) is 0 Å². The number of hydrogen-bond donors (Lipinski definition) is 0. The molecule has 0 spiro atoms. The number of hydrogen-bond acceptors (Lipinski definition) is 4. The molecule has 0 saturated carbocycles. The van der Waals surface area contributed by atoms with Crippen LogP contribution < -0.4 is 0 Å². The van der Waals surface area contributed by atoms with Gasteiger partial charge in [0.25, 0.3) is 5.69 Å². The minimum atomic E-state index is -2.25. The fourth-order valence-electron chi connectivity index (χ4n) is 1.49. The molecule has 1 aromatic carbocycles. The molecule has 0 saturated heterocycles. The first-order chi connectivity index (χ1) is 10.2. The van der Waals surface area contributed by atoms with Gasteiger partial charge in [0.2, 0.25) is 0 Å². The van der Waals surface area contributed by atoms with Crippen LogP contribution in [0.1, 0.15) is 45.1 Å². The Bertz CT molecular complexity index is 435. The minimum Gasteiger partial charge on any atom is -0.321 e. The van der Waals surface area contributed by atoms with Crippen molar-refractivity contribution in [1.82, 2.24) is 0 Å². The topological polar surface area (TPSA) is 18.5 Å². The number of benzene rings is 1. The van der Waals surface area contributed by atoms with E-state index >= 15 is 0 Å². The molecule has 2 nitrogen and oxygen atoms in total. The van der Waals surface area contributed by atoms with Gasteiger partial charge in [0.1, 0.15) is 0 Å². The second-order valence-electron chi connectivity index (χ2n) is 4.64. The lowest BCUT2D eigenvalue weighted by Gasteiger charge is -2.19.